The van der Waals surface area contributed by atoms with Crippen LogP contribution in [0.1, 0.15) is 40.0 Å². The maximum absolute atomic E-state index is 13.3. The van der Waals surface area contributed by atoms with Gasteiger partial charge in [-0.2, -0.15) is 0 Å². The van der Waals surface area contributed by atoms with Gasteiger partial charge in [-0.3, -0.25) is 43.5 Å². The number of nitrogens with one attached hydrogen (secondary N) is 3. The van der Waals surface area contributed by atoms with Crippen LogP contribution >= 0.6 is 0 Å². The molecular weight excluding hydrogens is 631 g/mol. The second kappa shape index (κ2) is 19.1. The van der Waals surface area contributed by atoms with E-state index in [0.29, 0.717) is 58.7 Å². The highest BCUT2D eigenvalue weighted by Crippen LogP contribution is 2.19. The third-order valence-electron chi connectivity index (χ3n) is 8.56. The van der Waals surface area contributed by atoms with Crippen molar-refractivity contribution in [1.82, 2.24) is 35.6 Å². The maximum Gasteiger partial charge on any atom is 0.475 e. The van der Waals surface area contributed by atoms with Crippen LogP contribution in [0.4, 0.5) is 0 Å². The molecule has 48 heavy (non-hydrogen) atoms. The van der Waals surface area contributed by atoms with Gasteiger partial charge in [-0.25, -0.2) is 0 Å². The lowest BCUT2D eigenvalue weighted by atomic mass is 9.78. The number of carbonyl (C=O) groups is 6. The second-order valence-electron chi connectivity index (χ2n) is 12.8. The number of ether oxygens (including phenoxy) is 2. The van der Waals surface area contributed by atoms with Crippen LogP contribution in [0.15, 0.2) is 0 Å². The summed E-state index contributed by atoms with van der Waals surface area (Å²) < 4.78 is 10.6. The number of hydrogen-bond acceptors (Lipinski definition) is 15. The minimum Gasteiger partial charge on any atom is -0.426 e. The van der Waals surface area contributed by atoms with Crippen LogP contribution in [0.5, 0.6) is 0 Å². The number of fused-ring (bicyclic) bond motifs is 4. The Hall–Kier alpha value is -3.20. The van der Waals surface area contributed by atoms with E-state index in [1.807, 2.05) is 9.80 Å². The molecular formula is C29H51BN8O10. The predicted octanol–water partition coefficient (Wildman–Crippen LogP) is -4.55. The van der Waals surface area contributed by atoms with Crippen LogP contribution in [0.25, 0.3) is 0 Å². The van der Waals surface area contributed by atoms with Crippen LogP contribution in [-0.2, 0) is 38.2 Å². The first kappa shape index (κ1) is 39.2. The molecule has 3 fully saturated rings. The molecule has 270 valence electrons. The van der Waals surface area contributed by atoms with E-state index in [0.717, 1.165) is 0 Å². The van der Waals surface area contributed by atoms with E-state index in [-0.39, 0.29) is 51.0 Å². The van der Waals surface area contributed by atoms with Crippen molar-refractivity contribution in [3.05, 3.63) is 0 Å². The summed E-state index contributed by atoms with van der Waals surface area (Å²) in [6, 6.07) is -1.92. The zero-order chi connectivity index (χ0) is 35.4. The van der Waals surface area contributed by atoms with E-state index in [1.165, 1.54) is 11.8 Å². The Labute approximate surface area is 281 Å². The highest BCUT2D eigenvalue weighted by atomic mass is 16.7. The largest absolute Gasteiger partial charge is 0.475 e. The van der Waals surface area contributed by atoms with Crippen molar-refractivity contribution in [2.45, 2.75) is 64.3 Å². The molecule has 18 nitrogen and oxygen atoms in total. The van der Waals surface area contributed by atoms with Gasteiger partial charge in [0.05, 0.1) is 38.5 Å². The summed E-state index contributed by atoms with van der Waals surface area (Å²) in [6.45, 7) is 7.15. The van der Waals surface area contributed by atoms with Crippen LogP contribution in [0.2, 0.25) is 0 Å². The molecule has 3 amide bonds. The summed E-state index contributed by atoms with van der Waals surface area (Å²) in [5.74, 6) is -4.17. The van der Waals surface area contributed by atoms with Crippen molar-refractivity contribution in [3.63, 3.8) is 0 Å². The van der Waals surface area contributed by atoms with E-state index in [4.69, 9.17) is 15.2 Å². The number of esters is 2. The molecule has 19 heteroatoms. The van der Waals surface area contributed by atoms with Gasteiger partial charge in [0, 0.05) is 52.5 Å². The summed E-state index contributed by atoms with van der Waals surface area (Å²) in [4.78, 5) is 84.1. The van der Waals surface area contributed by atoms with E-state index in [9.17, 15) is 38.8 Å². The van der Waals surface area contributed by atoms with Crippen molar-refractivity contribution in [3.8, 4) is 0 Å². The molecule has 0 aliphatic carbocycles. The van der Waals surface area contributed by atoms with Crippen molar-refractivity contribution in [2.24, 2.45) is 11.7 Å². The summed E-state index contributed by atoms with van der Waals surface area (Å²) in [5, 5.41) is 27.6. The molecule has 3 aliphatic heterocycles. The van der Waals surface area contributed by atoms with Crippen LogP contribution in [-0.4, -0.2) is 175 Å². The smallest absolute Gasteiger partial charge is 0.426 e. The number of rotatable bonds is 9. The third-order valence-corrected chi connectivity index (χ3v) is 8.56. The molecule has 0 radical (unpaired) electrons. The summed E-state index contributed by atoms with van der Waals surface area (Å²) in [5.41, 5.74) is 5.84. The lowest BCUT2D eigenvalue weighted by Gasteiger charge is -2.30. The van der Waals surface area contributed by atoms with Crippen molar-refractivity contribution in [2.75, 3.05) is 78.7 Å². The quantitative estimate of drug-likeness (QED) is 0.0992. The minimum absolute atomic E-state index is 0.00256. The van der Waals surface area contributed by atoms with E-state index < -0.39 is 61.1 Å². The normalized spacial score (nSPS) is 25.4. The van der Waals surface area contributed by atoms with Gasteiger partial charge in [0.15, 0.2) is 5.78 Å². The number of Topliss-reactive ketones (excluding diaryl/α,β-unsaturated/α-hetero) is 1. The molecule has 3 saturated heterocycles. The van der Waals surface area contributed by atoms with Gasteiger partial charge < -0.3 is 46.1 Å². The fourth-order valence-electron chi connectivity index (χ4n) is 5.88. The number of nitrogens with two attached hydrogens (primary N) is 1. The second-order valence-corrected chi connectivity index (χ2v) is 12.8. The molecule has 3 heterocycles. The van der Waals surface area contributed by atoms with Gasteiger partial charge in [-0.05, 0) is 25.7 Å². The number of ketones is 1. The summed E-state index contributed by atoms with van der Waals surface area (Å²) in [7, 11) is -1.68. The Morgan fingerprint density at radius 2 is 1.65 bits per heavy atom. The molecule has 2 bridgehead atoms. The zero-order valence-corrected chi connectivity index (χ0v) is 28.1. The maximum atomic E-state index is 13.3. The molecule has 0 saturated carbocycles. The fourth-order valence-corrected chi connectivity index (χ4v) is 5.88. The van der Waals surface area contributed by atoms with Crippen molar-refractivity contribution in [1.29, 1.82) is 0 Å². The number of likely N-dealkylation sites (tertiary alicyclic amines) is 1. The van der Waals surface area contributed by atoms with Crippen LogP contribution in [0.3, 0.4) is 0 Å². The topological polar surface area (TPSA) is 236 Å². The Bertz CT molecular complexity index is 1150. The van der Waals surface area contributed by atoms with Crippen molar-refractivity contribution < 1.29 is 48.3 Å². The molecule has 0 spiro atoms. The van der Waals surface area contributed by atoms with E-state index >= 15 is 0 Å². The number of nitrogens with zero attached hydrogens (tertiary/aromatic N) is 4. The summed E-state index contributed by atoms with van der Waals surface area (Å²) >= 11 is 0. The number of amides is 3. The Balaban J connectivity index is 1.66. The Morgan fingerprint density at radius 3 is 2.31 bits per heavy atom. The van der Waals surface area contributed by atoms with Crippen molar-refractivity contribution >= 4 is 42.6 Å². The third kappa shape index (κ3) is 12.4. The highest BCUT2D eigenvalue weighted by Gasteiger charge is 2.39. The first-order chi connectivity index (χ1) is 22.8. The number of carbonyl (C=O) groups excluding carboxylic acids is 6. The monoisotopic (exact) mass is 682 g/mol. The Morgan fingerprint density at radius 1 is 0.958 bits per heavy atom. The lowest BCUT2D eigenvalue weighted by Crippen LogP contribution is -2.57. The average molecular weight is 683 g/mol. The van der Waals surface area contributed by atoms with Gasteiger partial charge in [-0.15, -0.1) is 0 Å². The van der Waals surface area contributed by atoms with Gasteiger partial charge in [0.1, 0.15) is 12.1 Å². The van der Waals surface area contributed by atoms with Crippen LogP contribution < -0.4 is 21.7 Å². The first-order valence-corrected chi connectivity index (χ1v) is 16.5. The zero-order valence-electron chi connectivity index (χ0n) is 28.1. The number of hydrogen-bond donors (Lipinski definition) is 6. The predicted molar refractivity (Wildman–Crippen MR) is 171 cm³/mol. The molecule has 3 aliphatic rings. The highest BCUT2D eigenvalue weighted by molar-refractivity contribution is 6.43. The fraction of sp³-hybridized carbons (Fsp3) is 0.793. The van der Waals surface area contributed by atoms with Gasteiger partial charge in [0.25, 0.3) is 6.29 Å². The standard InChI is InChI=1S/C29H51BN8O10/c1-19(2)27(28(43)33-20(3)29(44)38-7-4-5-22(38)30(45)46)34-23(40)16-35-8-6-32-14-24(41)47-26-13-21(39)15-37(18-31)12-11-36(10-9-35)17-25(42)48-26/h19-20,22,26-27,32,45-46H,4-18,31H2,1-3H3,(H,33,43)(H,34,40)/t20-,22+,26?,27+/m1/s1. The molecule has 7 N–H and O–H groups in total. The first-order valence-electron chi connectivity index (χ1n) is 16.5. The van der Waals surface area contributed by atoms with Crippen LogP contribution in [0, 0.1) is 5.92 Å². The van der Waals surface area contributed by atoms with Gasteiger partial charge >= 0.3 is 19.1 Å². The molecule has 5 atom stereocenters. The lowest BCUT2D eigenvalue weighted by molar-refractivity contribution is -0.189. The molecule has 0 aromatic carbocycles. The minimum atomic E-state index is -1.68. The Kier molecular flexibility index (Phi) is 15.6. The molecule has 0 aromatic heterocycles. The van der Waals surface area contributed by atoms with Gasteiger partial charge in [0.2, 0.25) is 17.7 Å². The molecule has 2 unspecified atom stereocenters. The summed E-state index contributed by atoms with van der Waals surface area (Å²) in [6.07, 6.45) is -0.570. The molecule has 0 aromatic rings. The average Bonchev–Trinajstić information content (AvgIpc) is 3.50. The SMILES string of the molecule is CC(C)[C@H](NC(=O)CN1CCNCC(=O)OC2CC(=O)CN(CN)CCN(CC1)CC(=O)O2)C(=O)N[C@H](C)C(=O)N1CCC[C@H]1B(O)O. The van der Waals surface area contributed by atoms with E-state index in [2.05, 4.69) is 16.0 Å². The molecule has 3 rings (SSSR count). The van der Waals surface area contributed by atoms with E-state index in [1.54, 1.807) is 18.7 Å². The van der Waals surface area contributed by atoms with Gasteiger partial charge in [-0.1, -0.05) is 13.8 Å².